The molecule has 0 saturated carbocycles. The lowest BCUT2D eigenvalue weighted by molar-refractivity contribution is -0.138. The van der Waals surface area contributed by atoms with Gasteiger partial charge in [-0.2, -0.15) is 0 Å². The summed E-state index contributed by atoms with van der Waals surface area (Å²) in [6.45, 7) is 8.85. The third kappa shape index (κ3) is 5.64. The smallest absolute Gasteiger partial charge is 0.318 e. The maximum absolute atomic E-state index is 13.5. The van der Waals surface area contributed by atoms with Crippen LogP contribution in [0.1, 0.15) is 50.9 Å². The Morgan fingerprint density at radius 1 is 1.06 bits per heavy atom. The highest BCUT2D eigenvalue weighted by Gasteiger charge is 2.52. The second-order valence-electron chi connectivity index (χ2n) is 9.78. The summed E-state index contributed by atoms with van der Waals surface area (Å²) in [5.74, 6) is -0.332. The van der Waals surface area contributed by atoms with E-state index in [1.165, 1.54) is 0 Å². The average Bonchev–Trinajstić information content (AvgIpc) is 3.32. The van der Waals surface area contributed by atoms with Crippen LogP contribution < -0.4 is 16.4 Å². The van der Waals surface area contributed by atoms with Crippen molar-refractivity contribution in [2.45, 2.75) is 58.7 Å². The predicted octanol–water partition coefficient (Wildman–Crippen LogP) is 1.63. The van der Waals surface area contributed by atoms with Crippen LogP contribution in [0.5, 0.6) is 0 Å². The number of rotatable bonds is 7. The van der Waals surface area contributed by atoms with Crippen LogP contribution in [-0.2, 0) is 9.59 Å². The van der Waals surface area contributed by atoms with Gasteiger partial charge in [-0.05, 0) is 48.9 Å². The molecule has 2 aliphatic heterocycles. The number of nitrogens with zero attached hydrogens (tertiary/aromatic N) is 2. The molecule has 2 aliphatic rings. The fourth-order valence-corrected chi connectivity index (χ4v) is 4.50. The number of benzene rings is 1. The number of carbonyl (C=O) groups is 4. The van der Waals surface area contributed by atoms with Gasteiger partial charge in [-0.3, -0.25) is 14.4 Å². The number of fused-ring (bicyclic) bond motifs is 1. The Hall–Kier alpha value is -3.10. The first kappa shape index (κ1) is 24.5. The molecule has 0 radical (unpaired) electrons. The SMILES string of the molecule is CC(C)CNC(=O)N1CC(=O)C2C1CCN2C(=O)C(CC(C)C)NC(=O)c1ccc(N)cc1. The van der Waals surface area contributed by atoms with Crippen LogP contribution in [-0.4, -0.2) is 71.2 Å². The molecule has 3 atom stereocenters. The fraction of sp³-hybridized carbons (Fsp3) is 0.583. The third-order valence-corrected chi connectivity index (χ3v) is 6.11. The molecule has 4 N–H and O–H groups in total. The molecule has 0 spiro atoms. The van der Waals surface area contributed by atoms with Crippen molar-refractivity contribution in [2.75, 3.05) is 25.4 Å². The van der Waals surface area contributed by atoms with Crippen molar-refractivity contribution in [1.82, 2.24) is 20.4 Å². The minimum atomic E-state index is -0.759. The zero-order valence-corrected chi connectivity index (χ0v) is 19.8. The molecule has 0 bridgehead atoms. The van der Waals surface area contributed by atoms with Gasteiger partial charge in [0.2, 0.25) is 5.91 Å². The van der Waals surface area contributed by atoms with Crippen molar-refractivity contribution < 1.29 is 19.2 Å². The number of urea groups is 1. The van der Waals surface area contributed by atoms with Crippen molar-refractivity contribution in [2.24, 2.45) is 11.8 Å². The minimum Gasteiger partial charge on any atom is -0.399 e. The predicted molar refractivity (Wildman–Crippen MR) is 125 cm³/mol. The minimum absolute atomic E-state index is 0.00428. The number of nitrogen functional groups attached to an aromatic ring is 1. The number of hydrogen-bond donors (Lipinski definition) is 3. The van der Waals surface area contributed by atoms with Crippen LogP contribution in [0.3, 0.4) is 0 Å². The summed E-state index contributed by atoms with van der Waals surface area (Å²) >= 11 is 0. The van der Waals surface area contributed by atoms with Crippen LogP contribution in [0, 0.1) is 11.8 Å². The van der Waals surface area contributed by atoms with E-state index in [9.17, 15) is 19.2 Å². The quantitative estimate of drug-likeness (QED) is 0.537. The van der Waals surface area contributed by atoms with Crippen LogP contribution in [0.15, 0.2) is 24.3 Å². The van der Waals surface area contributed by atoms with Gasteiger partial charge in [0.25, 0.3) is 5.91 Å². The average molecular weight is 458 g/mol. The van der Waals surface area contributed by atoms with E-state index in [0.29, 0.717) is 43.1 Å². The molecular weight excluding hydrogens is 422 g/mol. The Bertz CT molecular complexity index is 899. The monoisotopic (exact) mass is 457 g/mol. The maximum Gasteiger partial charge on any atom is 0.318 e. The Morgan fingerprint density at radius 3 is 2.33 bits per heavy atom. The molecule has 2 fully saturated rings. The van der Waals surface area contributed by atoms with Crippen molar-refractivity contribution in [3.8, 4) is 0 Å². The van der Waals surface area contributed by atoms with Crippen molar-refractivity contribution >= 4 is 29.3 Å². The summed E-state index contributed by atoms with van der Waals surface area (Å²) in [7, 11) is 0. The highest BCUT2D eigenvalue weighted by Crippen LogP contribution is 2.30. The largest absolute Gasteiger partial charge is 0.399 e. The number of nitrogens with two attached hydrogens (primary N) is 1. The number of amides is 4. The topological polar surface area (TPSA) is 125 Å². The standard InChI is InChI=1S/C24H35N5O4/c1-14(2)11-18(27-22(31)16-5-7-17(25)8-6-16)23(32)28-10-9-19-21(28)20(30)13-29(19)24(33)26-12-15(3)4/h5-8,14-15,18-19,21H,9-13,25H2,1-4H3,(H,26,33)(H,27,31). The Balaban J connectivity index is 1.73. The first-order chi connectivity index (χ1) is 15.6. The van der Waals surface area contributed by atoms with Gasteiger partial charge in [0.05, 0.1) is 12.6 Å². The molecule has 9 nitrogen and oxygen atoms in total. The van der Waals surface area contributed by atoms with Crippen LogP contribution in [0.4, 0.5) is 10.5 Å². The number of anilines is 1. The lowest BCUT2D eigenvalue weighted by Crippen LogP contribution is -2.53. The first-order valence-corrected chi connectivity index (χ1v) is 11.6. The van der Waals surface area contributed by atoms with Gasteiger partial charge in [-0.1, -0.05) is 27.7 Å². The van der Waals surface area contributed by atoms with E-state index in [1.807, 2.05) is 27.7 Å². The molecular formula is C24H35N5O4. The van der Waals surface area contributed by atoms with E-state index < -0.39 is 12.1 Å². The number of Topliss-reactive ketones (excluding diaryl/α,β-unsaturated/α-hetero) is 1. The first-order valence-electron chi connectivity index (χ1n) is 11.6. The molecule has 3 unspecified atom stereocenters. The van der Waals surface area contributed by atoms with E-state index in [1.54, 1.807) is 34.1 Å². The number of ketones is 1. The van der Waals surface area contributed by atoms with Crippen LogP contribution >= 0.6 is 0 Å². The lowest BCUT2D eigenvalue weighted by Gasteiger charge is -2.29. The molecule has 1 aromatic carbocycles. The molecule has 2 heterocycles. The maximum atomic E-state index is 13.5. The van der Waals surface area contributed by atoms with Gasteiger partial charge in [-0.15, -0.1) is 0 Å². The normalized spacial score (nSPS) is 20.8. The van der Waals surface area contributed by atoms with Crippen LogP contribution in [0.25, 0.3) is 0 Å². The number of carbonyl (C=O) groups excluding carboxylic acids is 4. The molecule has 180 valence electrons. The molecule has 2 saturated heterocycles. The second kappa shape index (κ2) is 10.2. The highest BCUT2D eigenvalue weighted by atomic mass is 16.2. The van der Waals surface area contributed by atoms with E-state index in [4.69, 9.17) is 5.73 Å². The summed E-state index contributed by atoms with van der Waals surface area (Å²) in [6.07, 6.45) is 0.984. The Morgan fingerprint density at radius 2 is 1.73 bits per heavy atom. The Kier molecular flexibility index (Phi) is 7.61. The van der Waals surface area contributed by atoms with Gasteiger partial charge < -0.3 is 26.2 Å². The van der Waals surface area contributed by atoms with E-state index in [-0.39, 0.29) is 42.1 Å². The molecule has 9 heteroatoms. The van der Waals surface area contributed by atoms with E-state index in [0.717, 1.165) is 0 Å². The number of hydrogen-bond acceptors (Lipinski definition) is 5. The van der Waals surface area contributed by atoms with Gasteiger partial charge in [0.1, 0.15) is 12.1 Å². The molecule has 33 heavy (non-hydrogen) atoms. The molecule has 3 rings (SSSR count). The van der Waals surface area contributed by atoms with Crippen molar-refractivity contribution in [3.63, 3.8) is 0 Å². The number of nitrogens with one attached hydrogen (secondary N) is 2. The van der Waals surface area contributed by atoms with Gasteiger partial charge in [0.15, 0.2) is 5.78 Å². The van der Waals surface area contributed by atoms with Gasteiger partial charge in [0, 0.05) is 24.3 Å². The summed E-state index contributed by atoms with van der Waals surface area (Å²) in [5.41, 5.74) is 6.66. The summed E-state index contributed by atoms with van der Waals surface area (Å²) in [6, 6.07) is 4.47. The van der Waals surface area contributed by atoms with Crippen molar-refractivity contribution in [1.29, 1.82) is 0 Å². The zero-order chi connectivity index (χ0) is 24.3. The summed E-state index contributed by atoms with van der Waals surface area (Å²) < 4.78 is 0. The highest BCUT2D eigenvalue weighted by molar-refractivity contribution is 6.00. The van der Waals surface area contributed by atoms with Crippen molar-refractivity contribution in [3.05, 3.63) is 29.8 Å². The molecule has 1 aromatic rings. The third-order valence-electron chi connectivity index (χ3n) is 6.11. The van der Waals surface area contributed by atoms with E-state index >= 15 is 0 Å². The van der Waals surface area contributed by atoms with Gasteiger partial charge in [-0.25, -0.2) is 4.79 Å². The molecule has 4 amide bonds. The fourth-order valence-electron chi connectivity index (χ4n) is 4.50. The summed E-state index contributed by atoms with van der Waals surface area (Å²) in [5, 5.41) is 5.71. The molecule has 0 aliphatic carbocycles. The van der Waals surface area contributed by atoms with Crippen LogP contribution in [0.2, 0.25) is 0 Å². The molecule has 0 aromatic heterocycles. The lowest BCUT2D eigenvalue weighted by atomic mass is 10.0. The second-order valence-corrected chi connectivity index (χ2v) is 9.78. The number of likely N-dealkylation sites (tertiary alicyclic amines) is 2. The zero-order valence-electron chi connectivity index (χ0n) is 19.8. The van der Waals surface area contributed by atoms with E-state index in [2.05, 4.69) is 10.6 Å². The Labute approximate surface area is 195 Å². The summed E-state index contributed by atoms with van der Waals surface area (Å²) in [4.78, 5) is 54.8. The van der Waals surface area contributed by atoms with Gasteiger partial charge >= 0.3 is 6.03 Å².